The first kappa shape index (κ1) is 9.38. The van der Waals surface area contributed by atoms with Crippen molar-refractivity contribution < 1.29 is 0 Å². The summed E-state index contributed by atoms with van der Waals surface area (Å²) in [6.07, 6.45) is 2.58. The third-order valence-corrected chi connectivity index (χ3v) is 3.12. The molecule has 2 rings (SSSR count). The molecule has 1 aromatic rings. The molecule has 0 amide bonds. The number of nitrogens with zero attached hydrogens (tertiary/aromatic N) is 1. The molecule has 0 saturated carbocycles. The van der Waals surface area contributed by atoms with Crippen LogP contribution in [0.5, 0.6) is 0 Å². The van der Waals surface area contributed by atoms with Crippen molar-refractivity contribution in [3.8, 4) is 0 Å². The van der Waals surface area contributed by atoms with Gasteiger partial charge in [0, 0.05) is 23.5 Å². The van der Waals surface area contributed by atoms with Crippen LogP contribution in [0.3, 0.4) is 0 Å². The van der Waals surface area contributed by atoms with Crippen molar-refractivity contribution in [2.75, 3.05) is 10.6 Å². The maximum Gasteiger partial charge on any atom is 0.0391 e. The van der Waals surface area contributed by atoms with Crippen LogP contribution in [-0.2, 0) is 0 Å². The minimum Gasteiger partial charge on any atom is -0.399 e. The number of benzene rings is 1. The van der Waals surface area contributed by atoms with E-state index < -0.39 is 0 Å². The zero-order valence-corrected chi connectivity index (χ0v) is 8.90. The Kier molecular flexibility index (Phi) is 2.36. The quantitative estimate of drug-likeness (QED) is 0.690. The fraction of sp³-hybridized carbons (Fsp3) is 0.500. The highest BCUT2D eigenvalue weighted by Gasteiger charge is 2.27. The van der Waals surface area contributed by atoms with E-state index in [0.29, 0.717) is 12.1 Å². The van der Waals surface area contributed by atoms with Crippen molar-refractivity contribution in [3.05, 3.63) is 24.3 Å². The van der Waals surface area contributed by atoms with Crippen molar-refractivity contribution in [1.29, 1.82) is 0 Å². The zero-order chi connectivity index (χ0) is 10.1. The van der Waals surface area contributed by atoms with Gasteiger partial charge in [0.25, 0.3) is 0 Å². The van der Waals surface area contributed by atoms with Crippen LogP contribution in [0.25, 0.3) is 0 Å². The summed E-state index contributed by atoms with van der Waals surface area (Å²) in [5.41, 5.74) is 7.91. The second-order valence-electron chi connectivity index (χ2n) is 4.28. The van der Waals surface area contributed by atoms with Crippen LogP contribution in [0.15, 0.2) is 24.3 Å². The Morgan fingerprint density at radius 1 is 1.21 bits per heavy atom. The van der Waals surface area contributed by atoms with Crippen molar-refractivity contribution in [3.63, 3.8) is 0 Å². The lowest BCUT2D eigenvalue weighted by Crippen LogP contribution is -2.32. The van der Waals surface area contributed by atoms with Crippen LogP contribution in [0.1, 0.15) is 26.7 Å². The highest BCUT2D eigenvalue weighted by Crippen LogP contribution is 2.30. The first-order chi connectivity index (χ1) is 6.68. The number of nitrogens with two attached hydrogens (primary N) is 1. The normalized spacial score (nSPS) is 26.9. The van der Waals surface area contributed by atoms with Crippen LogP contribution in [0, 0.1) is 0 Å². The Morgan fingerprint density at radius 3 is 2.43 bits per heavy atom. The van der Waals surface area contributed by atoms with E-state index >= 15 is 0 Å². The average Bonchev–Trinajstić information content (AvgIpc) is 2.46. The molecule has 0 spiro atoms. The molecule has 0 aromatic heterocycles. The average molecular weight is 190 g/mol. The van der Waals surface area contributed by atoms with Crippen LogP contribution >= 0.6 is 0 Å². The Bertz CT molecular complexity index is 312. The largest absolute Gasteiger partial charge is 0.399 e. The number of rotatable bonds is 1. The summed E-state index contributed by atoms with van der Waals surface area (Å²) in [6.45, 7) is 4.57. The van der Waals surface area contributed by atoms with Gasteiger partial charge in [-0.3, -0.25) is 0 Å². The Balaban J connectivity index is 2.29. The van der Waals surface area contributed by atoms with Gasteiger partial charge in [-0.05, 0) is 44.9 Å². The zero-order valence-electron chi connectivity index (χ0n) is 8.90. The molecule has 0 aliphatic carbocycles. The lowest BCUT2D eigenvalue weighted by Gasteiger charge is -2.28. The molecule has 0 unspecified atom stereocenters. The predicted octanol–water partition coefficient (Wildman–Crippen LogP) is 2.65. The molecule has 2 nitrogen and oxygen atoms in total. The summed E-state index contributed by atoms with van der Waals surface area (Å²) >= 11 is 0. The van der Waals surface area contributed by atoms with Crippen LogP contribution in [0.4, 0.5) is 11.4 Å². The van der Waals surface area contributed by atoms with Crippen molar-refractivity contribution in [2.24, 2.45) is 0 Å². The maximum atomic E-state index is 5.79. The molecular weight excluding hydrogens is 172 g/mol. The first-order valence-electron chi connectivity index (χ1n) is 5.32. The predicted molar refractivity (Wildman–Crippen MR) is 61.5 cm³/mol. The molecule has 0 bridgehead atoms. The van der Waals surface area contributed by atoms with E-state index in [1.165, 1.54) is 18.5 Å². The van der Waals surface area contributed by atoms with Crippen molar-refractivity contribution >= 4 is 11.4 Å². The topological polar surface area (TPSA) is 29.3 Å². The van der Waals surface area contributed by atoms with Crippen molar-refractivity contribution in [1.82, 2.24) is 0 Å². The monoisotopic (exact) mass is 190 g/mol. The van der Waals surface area contributed by atoms with E-state index in [4.69, 9.17) is 5.73 Å². The molecule has 1 fully saturated rings. The number of anilines is 2. The van der Waals surface area contributed by atoms with E-state index in [0.717, 1.165) is 5.69 Å². The lowest BCUT2D eigenvalue weighted by molar-refractivity contribution is 0.694. The molecule has 1 heterocycles. The maximum absolute atomic E-state index is 5.79. The molecule has 1 aromatic carbocycles. The lowest BCUT2D eigenvalue weighted by atomic mass is 10.2. The smallest absolute Gasteiger partial charge is 0.0391 e. The molecule has 76 valence electrons. The van der Waals surface area contributed by atoms with Gasteiger partial charge in [0.2, 0.25) is 0 Å². The van der Waals surface area contributed by atoms with E-state index in [1.54, 1.807) is 0 Å². The summed E-state index contributed by atoms with van der Waals surface area (Å²) in [5, 5.41) is 0. The molecule has 14 heavy (non-hydrogen) atoms. The summed E-state index contributed by atoms with van der Waals surface area (Å²) in [4.78, 5) is 2.47. The van der Waals surface area contributed by atoms with Crippen molar-refractivity contribution in [2.45, 2.75) is 38.8 Å². The third-order valence-electron chi connectivity index (χ3n) is 3.12. The molecule has 1 saturated heterocycles. The fourth-order valence-electron chi connectivity index (χ4n) is 2.39. The minimum atomic E-state index is 0.645. The van der Waals surface area contributed by atoms with Gasteiger partial charge in [-0.25, -0.2) is 0 Å². The van der Waals surface area contributed by atoms with Gasteiger partial charge in [0.1, 0.15) is 0 Å². The van der Waals surface area contributed by atoms with E-state index in [-0.39, 0.29) is 0 Å². The minimum absolute atomic E-state index is 0.645. The first-order valence-corrected chi connectivity index (χ1v) is 5.32. The van der Waals surface area contributed by atoms with Gasteiger partial charge in [-0.2, -0.15) is 0 Å². The number of nitrogen functional groups attached to an aromatic ring is 1. The highest BCUT2D eigenvalue weighted by atomic mass is 15.2. The molecule has 1 aliphatic rings. The van der Waals surface area contributed by atoms with E-state index in [2.05, 4.69) is 30.9 Å². The molecule has 0 radical (unpaired) electrons. The van der Waals surface area contributed by atoms with Crippen LogP contribution < -0.4 is 10.6 Å². The Morgan fingerprint density at radius 2 is 1.86 bits per heavy atom. The van der Waals surface area contributed by atoms with Gasteiger partial charge in [0.05, 0.1) is 0 Å². The summed E-state index contributed by atoms with van der Waals surface area (Å²) in [6, 6.07) is 9.48. The second-order valence-corrected chi connectivity index (χ2v) is 4.28. The summed E-state index contributed by atoms with van der Waals surface area (Å²) in [7, 11) is 0. The van der Waals surface area contributed by atoms with E-state index in [9.17, 15) is 0 Å². The Labute approximate surface area is 85.7 Å². The summed E-state index contributed by atoms with van der Waals surface area (Å²) in [5.74, 6) is 0. The van der Waals surface area contributed by atoms with Gasteiger partial charge < -0.3 is 10.6 Å². The van der Waals surface area contributed by atoms with Crippen LogP contribution in [0.2, 0.25) is 0 Å². The SMILES string of the molecule is C[C@@H]1CC[C@@H](C)N1c1cccc(N)c1. The second kappa shape index (κ2) is 3.52. The van der Waals surface area contributed by atoms with Gasteiger partial charge in [0.15, 0.2) is 0 Å². The molecule has 2 heteroatoms. The fourth-order valence-corrected chi connectivity index (χ4v) is 2.39. The standard InChI is InChI=1S/C12H18N2/c1-9-6-7-10(2)14(9)12-5-3-4-11(13)8-12/h3-5,8-10H,6-7,13H2,1-2H3/t9-,10-/m1/s1. The third kappa shape index (κ3) is 1.57. The number of hydrogen-bond acceptors (Lipinski definition) is 2. The van der Waals surface area contributed by atoms with E-state index in [1.807, 2.05) is 12.1 Å². The molecule has 1 aliphatic heterocycles. The number of hydrogen-bond donors (Lipinski definition) is 1. The van der Waals surface area contributed by atoms with Gasteiger partial charge >= 0.3 is 0 Å². The van der Waals surface area contributed by atoms with Crippen LogP contribution in [-0.4, -0.2) is 12.1 Å². The Hall–Kier alpha value is -1.18. The summed E-state index contributed by atoms with van der Waals surface area (Å²) < 4.78 is 0. The highest BCUT2D eigenvalue weighted by molar-refractivity contribution is 5.57. The van der Waals surface area contributed by atoms with Gasteiger partial charge in [-0.1, -0.05) is 6.07 Å². The van der Waals surface area contributed by atoms with Gasteiger partial charge in [-0.15, -0.1) is 0 Å². The molecule has 2 N–H and O–H groups in total. The molecular formula is C12H18N2. The molecule has 2 atom stereocenters.